The van der Waals surface area contributed by atoms with Crippen LogP contribution in [0.1, 0.15) is 51.7 Å². The Morgan fingerprint density at radius 1 is 1.45 bits per heavy atom. The van der Waals surface area contributed by atoms with E-state index < -0.39 is 0 Å². The van der Waals surface area contributed by atoms with Gasteiger partial charge in [-0.05, 0) is 19.3 Å². The van der Waals surface area contributed by atoms with E-state index in [1.165, 1.54) is 0 Å². The molecule has 1 aromatic heterocycles. The average Bonchev–Trinajstić information content (AvgIpc) is 2.73. The van der Waals surface area contributed by atoms with Crippen LogP contribution in [0.4, 0.5) is 0 Å². The van der Waals surface area contributed by atoms with Crippen molar-refractivity contribution in [1.29, 1.82) is 0 Å². The number of aliphatic hydroxyl groups excluding tert-OH is 1. The van der Waals surface area contributed by atoms with Crippen molar-refractivity contribution in [2.45, 2.75) is 59.0 Å². The highest BCUT2D eigenvalue weighted by atomic mass is 32.1. The second-order valence-electron chi connectivity index (χ2n) is 6.56. The first-order valence-electron chi connectivity index (χ1n) is 7.08. The van der Waals surface area contributed by atoms with Gasteiger partial charge in [0.2, 0.25) is 5.91 Å². The first kappa shape index (κ1) is 17.1. The molecule has 0 fully saturated rings. The molecule has 0 unspecified atom stereocenters. The maximum absolute atomic E-state index is 11.9. The van der Waals surface area contributed by atoms with Gasteiger partial charge in [0, 0.05) is 17.3 Å². The number of carbonyl (C=O) groups excluding carboxylic acids is 1. The lowest BCUT2D eigenvalue weighted by molar-refractivity contribution is -0.120. The summed E-state index contributed by atoms with van der Waals surface area (Å²) in [5.41, 5.74) is 0.867. The van der Waals surface area contributed by atoms with Crippen LogP contribution in [0.25, 0.3) is 0 Å². The third-order valence-corrected chi connectivity index (χ3v) is 4.24. The molecule has 0 saturated carbocycles. The first-order valence-corrected chi connectivity index (χ1v) is 7.96. The molecule has 1 amide bonds. The maximum atomic E-state index is 11.9. The first-order chi connectivity index (χ1) is 9.18. The second kappa shape index (κ2) is 7.18. The van der Waals surface area contributed by atoms with Crippen molar-refractivity contribution in [1.82, 2.24) is 10.3 Å². The van der Waals surface area contributed by atoms with E-state index in [1.54, 1.807) is 18.3 Å². The molecule has 5 heteroatoms. The van der Waals surface area contributed by atoms with Crippen LogP contribution in [0.15, 0.2) is 5.38 Å². The van der Waals surface area contributed by atoms with Crippen molar-refractivity contribution in [3.05, 3.63) is 16.1 Å². The number of nitrogens with one attached hydrogen (secondary N) is 1. The number of amides is 1. The van der Waals surface area contributed by atoms with Crippen molar-refractivity contribution in [3.8, 4) is 0 Å². The van der Waals surface area contributed by atoms with E-state index in [1.807, 2.05) is 12.3 Å². The quantitative estimate of drug-likeness (QED) is 0.848. The van der Waals surface area contributed by atoms with Crippen LogP contribution in [-0.2, 0) is 16.6 Å². The standard InChI is InChI=1S/C15H26N2O2S/c1-10(6-11(2)18)8-16-13(19)7-12-9-20-14(17-12)15(3,4)5/h9-11,18H,6-8H2,1-5H3,(H,16,19)/t10-,11+/m1/s1. The van der Waals surface area contributed by atoms with Crippen LogP contribution in [0.2, 0.25) is 0 Å². The molecule has 0 radical (unpaired) electrons. The second-order valence-corrected chi connectivity index (χ2v) is 7.42. The highest BCUT2D eigenvalue weighted by molar-refractivity contribution is 7.09. The molecular weight excluding hydrogens is 272 g/mol. The normalized spacial score (nSPS) is 14.9. The number of aromatic nitrogens is 1. The van der Waals surface area contributed by atoms with Gasteiger partial charge in [-0.3, -0.25) is 4.79 Å². The van der Waals surface area contributed by atoms with Gasteiger partial charge in [-0.25, -0.2) is 4.98 Å². The SMILES string of the molecule is C[C@@H](CNC(=O)Cc1csc(C(C)(C)C)n1)C[C@H](C)O. The fraction of sp³-hybridized carbons (Fsp3) is 0.733. The highest BCUT2D eigenvalue weighted by Gasteiger charge is 2.18. The highest BCUT2D eigenvalue weighted by Crippen LogP contribution is 2.25. The van der Waals surface area contributed by atoms with Gasteiger partial charge in [-0.15, -0.1) is 11.3 Å². The van der Waals surface area contributed by atoms with Gasteiger partial charge >= 0.3 is 0 Å². The molecule has 20 heavy (non-hydrogen) atoms. The van der Waals surface area contributed by atoms with Gasteiger partial charge in [0.05, 0.1) is 23.2 Å². The lowest BCUT2D eigenvalue weighted by Gasteiger charge is -2.14. The topological polar surface area (TPSA) is 62.2 Å². The Morgan fingerprint density at radius 3 is 2.60 bits per heavy atom. The summed E-state index contributed by atoms with van der Waals surface area (Å²) in [6.07, 6.45) is 0.703. The Bertz CT molecular complexity index is 435. The molecule has 0 aliphatic rings. The summed E-state index contributed by atoms with van der Waals surface area (Å²) in [5, 5.41) is 15.2. The average molecular weight is 298 g/mol. The zero-order valence-electron chi connectivity index (χ0n) is 13.1. The van der Waals surface area contributed by atoms with Gasteiger partial charge < -0.3 is 10.4 Å². The van der Waals surface area contributed by atoms with Gasteiger partial charge in [0.1, 0.15) is 0 Å². The lowest BCUT2D eigenvalue weighted by atomic mass is 9.98. The Kier molecular flexibility index (Phi) is 6.14. The van der Waals surface area contributed by atoms with Gasteiger partial charge in [-0.1, -0.05) is 27.7 Å². The largest absolute Gasteiger partial charge is 0.393 e. The lowest BCUT2D eigenvalue weighted by Crippen LogP contribution is -2.30. The zero-order valence-corrected chi connectivity index (χ0v) is 13.9. The summed E-state index contributed by atoms with van der Waals surface area (Å²) < 4.78 is 0. The minimum atomic E-state index is -0.324. The number of hydrogen-bond acceptors (Lipinski definition) is 4. The molecule has 0 spiro atoms. The molecule has 0 aliphatic heterocycles. The predicted molar refractivity (Wildman–Crippen MR) is 83.0 cm³/mol. The van der Waals surface area contributed by atoms with E-state index in [4.69, 9.17) is 0 Å². The predicted octanol–water partition coefficient (Wildman–Crippen LogP) is 2.51. The van der Waals surface area contributed by atoms with E-state index in [0.29, 0.717) is 19.4 Å². The molecule has 2 N–H and O–H groups in total. The third-order valence-electron chi connectivity index (χ3n) is 2.93. The molecule has 1 aromatic rings. The number of thiazole rings is 1. The van der Waals surface area contributed by atoms with Crippen LogP contribution in [0.5, 0.6) is 0 Å². The van der Waals surface area contributed by atoms with E-state index >= 15 is 0 Å². The minimum absolute atomic E-state index is 0.00629. The van der Waals surface area contributed by atoms with Crippen LogP contribution in [0.3, 0.4) is 0 Å². The molecule has 2 atom stereocenters. The Morgan fingerprint density at radius 2 is 2.10 bits per heavy atom. The molecule has 1 heterocycles. The van der Waals surface area contributed by atoms with Crippen molar-refractivity contribution < 1.29 is 9.90 Å². The number of aliphatic hydroxyl groups is 1. The number of rotatable bonds is 6. The van der Waals surface area contributed by atoms with Crippen LogP contribution in [-0.4, -0.2) is 28.6 Å². The Labute approximate surface area is 125 Å². The fourth-order valence-electron chi connectivity index (χ4n) is 1.91. The molecule has 4 nitrogen and oxygen atoms in total. The Hall–Kier alpha value is -0.940. The molecule has 1 rings (SSSR count). The summed E-state index contributed by atoms with van der Waals surface area (Å²) in [6.45, 7) is 10.7. The van der Waals surface area contributed by atoms with Crippen molar-refractivity contribution in [2.24, 2.45) is 5.92 Å². The van der Waals surface area contributed by atoms with E-state index in [2.05, 4.69) is 31.1 Å². The Balaban J connectivity index is 2.41. The number of carbonyl (C=O) groups is 1. The zero-order chi connectivity index (χ0) is 15.3. The summed E-state index contributed by atoms with van der Waals surface area (Å²) in [4.78, 5) is 16.4. The monoisotopic (exact) mass is 298 g/mol. The summed E-state index contributed by atoms with van der Waals surface area (Å²) in [7, 11) is 0. The van der Waals surface area contributed by atoms with Gasteiger partial charge in [-0.2, -0.15) is 0 Å². The summed E-state index contributed by atoms with van der Waals surface area (Å²) >= 11 is 1.61. The van der Waals surface area contributed by atoms with Crippen molar-refractivity contribution in [2.75, 3.05) is 6.54 Å². The molecule has 0 bridgehead atoms. The van der Waals surface area contributed by atoms with Crippen LogP contribution in [0, 0.1) is 5.92 Å². The van der Waals surface area contributed by atoms with Crippen molar-refractivity contribution in [3.63, 3.8) is 0 Å². The molecular formula is C15H26N2O2S. The minimum Gasteiger partial charge on any atom is -0.393 e. The summed E-state index contributed by atoms with van der Waals surface area (Å²) in [5.74, 6) is 0.271. The molecule has 0 aromatic carbocycles. The third kappa shape index (κ3) is 6.01. The fourth-order valence-corrected chi connectivity index (χ4v) is 2.82. The molecule has 0 saturated heterocycles. The number of hydrogen-bond donors (Lipinski definition) is 2. The van der Waals surface area contributed by atoms with Gasteiger partial charge in [0.15, 0.2) is 0 Å². The number of nitrogens with zero attached hydrogens (tertiary/aromatic N) is 1. The van der Waals surface area contributed by atoms with E-state index in [9.17, 15) is 9.90 Å². The maximum Gasteiger partial charge on any atom is 0.226 e. The van der Waals surface area contributed by atoms with Crippen molar-refractivity contribution >= 4 is 17.2 Å². The van der Waals surface area contributed by atoms with E-state index in [0.717, 1.165) is 10.7 Å². The molecule has 0 aliphatic carbocycles. The summed E-state index contributed by atoms with van der Waals surface area (Å²) in [6, 6.07) is 0. The van der Waals surface area contributed by atoms with Gasteiger partial charge in [0.25, 0.3) is 0 Å². The van der Waals surface area contributed by atoms with Crippen LogP contribution >= 0.6 is 11.3 Å². The van der Waals surface area contributed by atoms with E-state index in [-0.39, 0.29) is 23.3 Å². The molecule has 114 valence electrons. The smallest absolute Gasteiger partial charge is 0.226 e. The van der Waals surface area contributed by atoms with Crippen LogP contribution < -0.4 is 5.32 Å².